The molecule has 0 aliphatic carbocycles. The first-order valence-corrected chi connectivity index (χ1v) is 0.224. The Morgan fingerprint density at radius 3 is 1.50 bits per heavy atom. The summed E-state index contributed by atoms with van der Waals surface area (Å²) < 4.78 is 0. The first-order valence-electron chi connectivity index (χ1n) is 0.224. The van der Waals surface area contributed by atoms with E-state index < -0.39 is 0 Å². The first-order chi connectivity index (χ1) is 1.00. The summed E-state index contributed by atoms with van der Waals surface area (Å²) in [6.45, 7) is 4.75. The molecule has 0 saturated heterocycles. The van der Waals surface area contributed by atoms with Gasteiger partial charge in [0, 0.05) is 0 Å². The number of rotatable bonds is 0. The molecule has 0 unspecified atom stereocenters. The molecule has 0 amide bonds. The van der Waals surface area contributed by atoms with E-state index in [4.69, 9.17) is 11.8 Å². The van der Waals surface area contributed by atoms with Crippen LogP contribution in [0.25, 0.3) is 0 Å². The van der Waals surface area contributed by atoms with E-state index in [0.29, 0.717) is 0 Å². The van der Waals surface area contributed by atoms with Crippen LogP contribution in [0.4, 0.5) is 0 Å². The minimum atomic E-state index is 0. The molecular formula is CHKNRu. The van der Waals surface area contributed by atoms with Gasteiger partial charge in [-0.05, 0) is 0 Å². The van der Waals surface area contributed by atoms with Crippen molar-refractivity contribution < 1.29 is 72.3 Å². The zero-order valence-corrected chi connectivity index (χ0v) is 7.16. The SMILES string of the molecule is [C-]#N.[H-].[K+].[Ru+]. The molecule has 19 valence electrons. The van der Waals surface area contributed by atoms with Crippen LogP contribution in [0.1, 0.15) is 1.43 Å². The molecule has 0 aromatic carbocycles. The Labute approximate surface area is 82.4 Å². The summed E-state index contributed by atoms with van der Waals surface area (Å²) in [5.41, 5.74) is 0. The normalized spacial score (nSPS) is 0.500. The van der Waals surface area contributed by atoms with Crippen molar-refractivity contribution in [3.8, 4) is 0 Å². The van der Waals surface area contributed by atoms with Gasteiger partial charge in [0.25, 0.3) is 0 Å². The molecule has 0 aromatic rings. The van der Waals surface area contributed by atoms with Crippen molar-refractivity contribution in [1.29, 1.82) is 5.26 Å². The maximum atomic E-state index is 6.25. The summed E-state index contributed by atoms with van der Waals surface area (Å²) in [7, 11) is 0. The molecule has 0 heterocycles. The van der Waals surface area contributed by atoms with Gasteiger partial charge in [-0.15, -0.1) is 0 Å². The summed E-state index contributed by atoms with van der Waals surface area (Å²) in [6, 6.07) is 0. The number of nitrogens with zero attached hydrogens (tertiary/aromatic N) is 1. The molecule has 0 aliphatic rings. The van der Waals surface area contributed by atoms with Crippen LogP contribution in [0.2, 0.25) is 0 Å². The molecule has 1 radical (unpaired) electrons. The molecule has 1 nitrogen and oxygen atoms in total. The number of hydrogen-bond acceptors (Lipinski definition) is 1. The van der Waals surface area contributed by atoms with Gasteiger partial charge >= 0.3 is 70.9 Å². The Morgan fingerprint density at radius 1 is 1.50 bits per heavy atom. The van der Waals surface area contributed by atoms with E-state index in [-0.39, 0.29) is 72.3 Å². The smallest absolute Gasteiger partial charge is 1.00 e. The van der Waals surface area contributed by atoms with Crippen LogP contribution >= 0.6 is 0 Å². The van der Waals surface area contributed by atoms with Crippen LogP contribution in [0.5, 0.6) is 0 Å². The second kappa shape index (κ2) is 21.8. The van der Waals surface area contributed by atoms with Crippen molar-refractivity contribution in [3.05, 3.63) is 6.57 Å². The van der Waals surface area contributed by atoms with Gasteiger partial charge in [-0.25, -0.2) is 0 Å². The molecule has 0 spiro atoms. The van der Waals surface area contributed by atoms with Crippen LogP contribution in [0.3, 0.4) is 0 Å². The topological polar surface area (TPSA) is 23.8 Å². The van der Waals surface area contributed by atoms with Crippen molar-refractivity contribution in [2.24, 2.45) is 0 Å². The van der Waals surface area contributed by atoms with Gasteiger partial charge in [-0.1, -0.05) is 0 Å². The maximum absolute atomic E-state index is 6.25. The van der Waals surface area contributed by atoms with Crippen LogP contribution in [-0.4, -0.2) is 0 Å². The van der Waals surface area contributed by atoms with E-state index >= 15 is 0 Å². The fraction of sp³-hybridized carbons (Fsp3) is 0. The van der Waals surface area contributed by atoms with Gasteiger partial charge in [0.1, 0.15) is 0 Å². The molecule has 3 heteroatoms. The third-order valence-electron chi connectivity index (χ3n) is 0. The molecule has 4 heavy (non-hydrogen) atoms. The third-order valence-corrected chi connectivity index (χ3v) is 0. The Kier molecular flexibility index (Phi) is 93.6. The second-order valence-electron chi connectivity index (χ2n) is 0. The average molecular weight is 167 g/mol. The van der Waals surface area contributed by atoms with Crippen LogP contribution < -0.4 is 51.4 Å². The molecular weight excluding hydrogens is 166 g/mol. The van der Waals surface area contributed by atoms with Gasteiger partial charge in [-0.2, -0.15) is 0 Å². The first kappa shape index (κ1) is 17.2. The minimum Gasteiger partial charge on any atom is -1.00 e. The molecule has 0 rings (SSSR count). The molecule has 0 bridgehead atoms. The van der Waals surface area contributed by atoms with Crippen LogP contribution in [0.15, 0.2) is 0 Å². The summed E-state index contributed by atoms with van der Waals surface area (Å²) in [6.07, 6.45) is 0. The zero-order valence-electron chi connectivity index (χ0n) is 3.30. The Bertz CT molecular complexity index is 16.4. The predicted molar refractivity (Wildman–Crippen MR) is 6.08 cm³/mol. The predicted octanol–water partition coefficient (Wildman–Crippen LogP) is -2.79. The van der Waals surface area contributed by atoms with E-state index in [1.807, 2.05) is 0 Å². The molecule has 0 aromatic heterocycles. The van der Waals surface area contributed by atoms with Crippen molar-refractivity contribution in [1.82, 2.24) is 0 Å². The van der Waals surface area contributed by atoms with Crippen LogP contribution in [-0.2, 0) is 19.5 Å². The van der Waals surface area contributed by atoms with Crippen molar-refractivity contribution in [2.75, 3.05) is 0 Å². The van der Waals surface area contributed by atoms with E-state index in [0.717, 1.165) is 0 Å². The standard InChI is InChI=1S/CN.K.Ru.H/c1-2;;;/q-1;2*+1;-1. The van der Waals surface area contributed by atoms with Gasteiger partial charge < -0.3 is 13.3 Å². The Hall–Kier alpha value is 1.75. The molecule has 0 saturated carbocycles. The van der Waals surface area contributed by atoms with Gasteiger partial charge in [-0.3, -0.25) is 0 Å². The quantitative estimate of drug-likeness (QED) is 0.283. The summed E-state index contributed by atoms with van der Waals surface area (Å²) >= 11 is 0. The van der Waals surface area contributed by atoms with Gasteiger partial charge in [0.15, 0.2) is 0 Å². The van der Waals surface area contributed by atoms with E-state index in [9.17, 15) is 0 Å². The van der Waals surface area contributed by atoms with Crippen LogP contribution in [0, 0.1) is 11.8 Å². The molecule has 0 N–H and O–H groups in total. The van der Waals surface area contributed by atoms with Gasteiger partial charge in [0.2, 0.25) is 0 Å². The molecule has 0 fully saturated rings. The Morgan fingerprint density at radius 2 is 1.50 bits per heavy atom. The molecule has 0 aliphatic heterocycles. The van der Waals surface area contributed by atoms with Gasteiger partial charge in [0.05, 0.1) is 0 Å². The second-order valence-corrected chi connectivity index (χ2v) is 0. The summed E-state index contributed by atoms with van der Waals surface area (Å²) in [5, 5.41) is 6.25. The maximum Gasteiger partial charge on any atom is 1.00 e. The van der Waals surface area contributed by atoms with E-state index in [1.165, 1.54) is 0 Å². The summed E-state index contributed by atoms with van der Waals surface area (Å²) in [4.78, 5) is 0. The Balaban J connectivity index is -0.00000000167. The van der Waals surface area contributed by atoms with E-state index in [1.54, 1.807) is 0 Å². The fourth-order valence-corrected chi connectivity index (χ4v) is 0. The number of hydrogen-bond donors (Lipinski definition) is 0. The third kappa shape index (κ3) is 9.26. The van der Waals surface area contributed by atoms with E-state index in [2.05, 4.69) is 0 Å². The van der Waals surface area contributed by atoms with Crippen molar-refractivity contribution in [2.45, 2.75) is 0 Å². The summed E-state index contributed by atoms with van der Waals surface area (Å²) in [5.74, 6) is 0. The monoisotopic (exact) mass is 168 g/mol. The average Bonchev–Trinajstić information content (AvgIpc) is 1.00. The van der Waals surface area contributed by atoms with Crippen molar-refractivity contribution in [3.63, 3.8) is 0 Å². The minimum absolute atomic E-state index is 0. The fourth-order valence-electron chi connectivity index (χ4n) is 0. The van der Waals surface area contributed by atoms with Crippen molar-refractivity contribution >= 4 is 0 Å². The zero-order chi connectivity index (χ0) is 2.00. The largest absolute Gasteiger partial charge is 1.00 e. The molecule has 0 atom stereocenters.